The Morgan fingerprint density at radius 1 is 0.729 bits per heavy atom. The molecule has 12 nitrogen and oxygen atoms in total. The van der Waals surface area contributed by atoms with E-state index >= 15 is 0 Å². The first-order chi connectivity index (χ1) is 23.0. The van der Waals surface area contributed by atoms with Crippen LogP contribution in [0.25, 0.3) is 0 Å². The summed E-state index contributed by atoms with van der Waals surface area (Å²) in [4.78, 5) is 64.1. The van der Waals surface area contributed by atoms with Crippen LogP contribution >= 0.6 is 0 Å². The van der Waals surface area contributed by atoms with Gasteiger partial charge in [0.1, 0.15) is 5.75 Å². The van der Waals surface area contributed by atoms with Gasteiger partial charge in [0.2, 0.25) is 5.91 Å². The fraction of sp³-hybridized carbons (Fsp3) is 0.194. The van der Waals surface area contributed by atoms with Crippen molar-refractivity contribution in [2.24, 2.45) is 0 Å². The third-order valence-corrected chi connectivity index (χ3v) is 7.43. The van der Waals surface area contributed by atoms with Gasteiger partial charge in [0.25, 0.3) is 5.91 Å². The number of hydrogen-bond donors (Lipinski definition) is 3. The Hall–Kier alpha value is -6.17. The van der Waals surface area contributed by atoms with Gasteiger partial charge in [-0.25, -0.2) is 9.59 Å². The van der Waals surface area contributed by atoms with E-state index in [1.54, 1.807) is 48.5 Å². The zero-order chi connectivity index (χ0) is 34.8. The first kappa shape index (κ1) is 34.7. The Morgan fingerprint density at radius 2 is 1.35 bits per heavy atom. The van der Waals surface area contributed by atoms with Crippen molar-refractivity contribution in [3.63, 3.8) is 0 Å². The Morgan fingerprint density at radius 3 is 1.96 bits per heavy atom. The minimum absolute atomic E-state index is 0.151. The highest BCUT2D eigenvalue weighted by Gasteiger charge is 2.22. The van der Waals surface area contributed by atoms with Gasteiger partial charge < -0.3 is 30.2 Å². The standard InChI is InChI=1S/C36H36N4O8/c1-22-8-6-7-9-29(22)38-36(45)39-30-19-18-28(20-32(30)46-3)40(23(2)41)27-16-14-24(15-17-27)31(21-33(42)47-4)37-34(43)25-10-12-26(13-11-25)35(44)48-5/h6-20,31H,21H2,1-5H3,(H,37,43)(H2,38,39,45)/t31-/m1/s1. The Bertz CT molecular complexity index is 1810. The van der Waals surface area contributed by atoms with E-state index in [-0.39, 0.29) is 23.5 Å². The summed E-state index contributed by atoms with van der Waals surface area (Å²) in [5.41, 5.74) is 4.11. The zero-order valence-corrected chi connectivity index (χ0v) is 27.2. The Balaban J connectivity index is 1.54. The van der Waals surface area contributed by atoms with Gasteiger partial charge >= 0.3 is 18.0 Å². The van der Waals surface area contributed by atoms with Gasteiger partial charge in [-0.1, -0.05) is 30.3 Å². The number of hydrogen-bond acceptors (Lipinski definition) is 8. The van der Waals surface area contributed by atoms with Crippen LogP contribution in [0.1, 0.15) is 51.2 Å². The number of rotatable bonds is 11. The molecule has 0 unspecified atom stereocenters. The molecule has 248 valence electrons. The van der Waals surface area contributed by atoms with Gasteiger partial charge in [0.15, 0.2) is 0 Å². The van der Waals surface area contributed by atoms with Crippen molar-refractivity contribution >= 4 is 52.5 Å². The average molecular weight is 653 g/mol. The van der Waals surface area contributed by atoms with Crippen LogP contribution in [0, 0.1) is 6.92 Å². The van der Waals surface area contributed by atoms with Gasteiger partial charge in [-0.2, -0.15) is 0 Å². The molecule has 1 atom stereocenters. The third kappa shape index (κ3) is 8.55. The maximum absolute atomic E-state index is 13.1. The normalized spacial score (nSPS) is 11.0. The van der Waals surface area contributed by atoms with E-state index < -0.39 is 29.9 Å². The summed E-state index contributed by atoms with van der Waals surface area (Å²) in [5, 5.41) is 8.43. The summed E-state index contributed by atoms with van der Waals surface area (Å²) in [7, 11) is 3.98. The second kappa shape index (κ2) is 15.9. The molecule has 0 radical (unpaired) electrons. The molecule has 0 fully saturated rings. The number of anilines is 4. The topological polar surface area (TPSA) is 152 Å². The highest BCUT2D eigenvalue weighted by atomic mass is 16.5. The van der Waals surface area contributed by atoms with Crippen molar-refractivity contribution in [2.75, 3.05) is 36.9 Å². The van der Waals surface area contributed by atoms with E-state index in [2.05, 4.69) is 16.0 Å². The van der Waals surface area contributed by atoms with Crippen LogP contribution in [0.15, 0.2) is 91.0 Å². The average Bonchev–Trinajstić information content (AvgIpc) is 3.09. The monoisotopic (exact) mass is 652 g/mol. The molecular formula is C36H36N4O8. The Labute approximate surface area is 278 Å². The van der Waals surface area contributed by atoms with E-state index in [0.29, 0.717) is 34.1 Å². The van der Waals surface area contributed by atoms with Crippen LogP contribution < -0.4 is 25.6 Å². The van der Waals surface area contributed by atoms with Crippen molar-refractivity contribution in [3.8, 4) is 5.75 Å². The van der Waals surface area contributed by atoms with Crippen molar-refractivity contribution in [1.82, 2.24) is 5.32 Å². The van der Waals surface area contributed by atoms with Crippen molar-refractivity contribution in [2.45, 2.75) is 26.3 Å². The number of nitrogens with one attached hydrogen (secondary N) is 3. The second-order valence-corrected chi connectivity index (χ2v) is 10.6. The smallest absolute Gasteiger partial charge is 0.337 e. The predicted octanol–water partition coefficient (Wildman–Crippen LogP) is 6.15. The second-order valence-electron chi connectivity index (χ2n) is 10.6. The first-order valence-electron chi connectivity index (χ1n) is 14.8. The molecule has 4 aromatic rings. The summed E-state index contributed by atoms with van der Waals surface area (Å²) in [6.07, 6.45) is -0.151. The molecule has 0 aromatic heterocycles. The minimum atomic E-state index is -0.763. The number of carbonyl (C=O) groups excluding carboxylic acids is 5. The number of benzene rings is 4. The van der Waals surface area contributed by atoms with E-state index in [1.807, 2.05) is 25.1 Å². The number of methoxy groups -OCH3 is 3. The maximum atomic E-state index is 13.1. The van der Waals surface area contributed by atoms with Gasteiger partial charge in [0.05, 0.1) is 50.7 Å². The van der Waals surface area contributed by atoms with Gasteiger partial charge in [-0.05, 0) is 72.6 Å². The van der Waals surface area contributed by atoms with Gasteiger partial charge in [-0.15, -0.1) is 0 Å². The van der Waals surface area contributed by atoms with Crippen LogP contribution in [-0.4, -0.2) is 51.1 Å². The fourth-order valence-electron chi connectivity index (χ4n) is 4.90. The van der Waals surface area contributed by atoms with Crippen molar-refractivity contribution in [1.29, 1.82) is 0 Å². The molecule has 12 heteroatoms. The van der Waals surface area contributed by atoms with Crippen molar-refractivity contribution in [3.05, 3.63) is 113 Å². The SMILES string of the molecule is COC(=O)C[C@@H](NC(=O)c1ccc(C(=O)OC)cc1)c1ccc(N(C(C)=O)c2ccc(NC(=O)Nc3ccccc3C)c(OC)c2)cc1. The number of carbonyl (C=O) groups is 5. The summed E-state index contributed by atoms with van der Waals surface area (Å²) in [6, 6.07) is 23.8. The number of ether oxygens (including phenoxy) is 3. The number of aryl methyl sites for hydroxylation is 1. The summed E-state index contributed by atoms with van der Waals surface area (Å²) in [5.74, 6) is -1.50. The van der Waals surface area contributed by atoms with Crippen LogP contribution in [0.3, 0.4) is 0 Å². The highest BCUT2D eigenvalue weighted by molar-refractivity contribution is 6.03. The van der Waals surface area contributed by atoms with E-state index in [1.165, 1.54) is 57.4 Å². The molecule has 0 aliphatic heterocycles. The Kier molecular flexibility index (Phi) is 11.5. The van der Waals surface area contributed by atoms with E-state index in [9.17, 15) is 24.0 Å². The quantitative estimate of drug-likeness (QED) is 0.163. The molecule has 0 saturated carbocycles. The molecule has 0 aliphatic carbocycles. The molecule has 4 rings (SSSR count). The lowest BCUT2D eigenvalue weighted by molar-refractivity contribution is -0.141. The van der Waals surface area contributed by atoms with Gasteiger partial charge in [0, 0.05) is 29.9 Å². The molecule has 4 aromatic carbocycles. The van der Waals surface area contributed by atoms with Crippen LogP contribution in [0.4, 0.5) is 27.5 Å². The predicted molar refractivity (Wildman–Crippen MR) is 181 cm³/mol. The first-order valence-corrected chi connectivity index (χ1v) is 14.8. The molecule has 3 N–H and O–H groups in total. The van der Waals surface area contributed by atoms with Crippen LogP contribution in [-0.2, 0) is 19.1 Å². The number of esters is 2. The molecule has 0 bridgehead atoms. The molecule has 0 saturated heterocycles. The lowest BCUT2D eigenvalue weighted by Gasteiger charge is -2.24. The highest BCUT2D eigenvalue weighted by Crippen LogP contribution is 2.34. The minimum Gasteiger partial charge on any atom is -0.494 e. The lowest BCUT2D eigenvalue weighted by atomic mass is 10.0. The number of para-hydroxylation sites is 1. The number of nitrogens with zero attached hydrogens (tertiary/aromatic N) is 1. The molecule has 0 spiro atoms. The molecule has 0 aliphatic rings. The van der Waals surface area contributed by atoms with E-state index in [4.69, 9.17) is 14.2 Å². The number of amides is 4. The molecule has 0 heterocycles. The largest absolute Gasteiger partial charge is 0.494 e. The third-order valence-electron chi connectivity index (χ3n) is 7.43. The summed E-state index contributed by atoms with van der Waals surface area (Å²) >= 11 is 0. The van der Waals surface area contributed by atoms with E-state index in [0.717, 1.165) is 5.56 Å². The summed E-state index contributed by atoms with van der Waals surface area (Å²) < 4.78 is 15.1. The van der Waals surface area contributed by atoms with Gasteiger partial charge in [-0.3, -0.25) is 19.3 Å². The summed E-state index contributed by atoms with van der Waals surface area (Å²) in [6.45, 7) is 3.30. The zero-order valence-electron chi connectivity index (χ0n) is 27.2. The number of urea groups is 1. The van der Waals surface area contributed by atoms with Crippen LogP contribution in [0.2, 0.25) is 0 Å². The fourth-order valence-corrected chi connectivity index (χ4v) is 4.90. The maximum Gasteiger partial charge on any atom is 0.337 e. The van der Waals surface area contributed by atoms with Crippen molar-refractivity contribution < 1.29 is 38.2 Å². The molecular weight excluding hydrogens is 616 g/mol. The molecule has 48 heavy (non-hydrogen) atoms. The lowest BCUT2D eigenvalue weighted by Crippen LogP contribution is -2.30. The molecule has 4 amide bonds. The van der Waals surface area contributed by atoms with Crippen LogP contribution in [0.5, 0.6) is 5.75 Å².